The highest BCUT2D eigenvalue weighted by Gasteiger charge is 2.52. The average Bonchev–Trinajstić information content (AvgIpc) is 3.38. The zero-order valence-electron chi connectivity index (χ0n) is 15.3. The van der Waals surface area contributed by atoms with Gasteiger partial charge in [-0.3, -0.25) is 4.79 Å². The number of alkyl halides is 2. The van der Waals surface area contributed by atoms with Gasteiger partial charge in [-0.05, 0) is 18.2 Å². The average molecular weight is 420 g/mol. The Morgan fingerprint density at radius 2 is 2.20 bits per heavy atom. The molecule has 4 rings (SSSR count). The standard InChI is InChI=1S/C19H15F3N4O4/c1-2-19(11-6-28-8-14(11)30-18(23)26-19)10-5-9(3-4-12(10)20)24-16(27)13-7-29-17(25-13)15(21)22/h1,3-5,7,11,14-15H,6,8H2,(H2,23,26)(H,24,27)/t11-,14+,19+/m0/s1. The largest absolute Gasteiger partial charge is 0.459 e. The summed E-state index contributed by atoms with van der Waals surface area (Å²) in [6, 6.07) is 3.49. The van der Waals surface area contributed by atoms with E-state index in [4.69, 9.17) is 21.6 Å². The molecule has 0 bridgehead atoms. The molecule has 1 saturated heterocycles. The van der Waals surface area contributed by atoms with Crippen LogP contribution in [0.3, 0.4) is 0 Å². The summed E-state index contributed by atoms with van der Waals surface area (Å²) in [4.78, 5) is 19.9. The van der Waals surface area contributed by atoms with Crippen LogP contribution in [-0.4, -0.2) is 36.2 Å². The van der Waals surface area contributed by atoms with Gasteiger partial charge in [0.05, 0.1) is 19.1 Å². The number of terminal acetylenes is 1. The Bertz CT molecular complexity index is 1060. The molecule has 11 heteroatoms. The van der Waals surface area contributed by atoms with Crippen molar-refractivity contribution >= 4 is 17.6 Å². The van der Waals surface area contributed by atoms with Gasteiger partial charge in [0.1, 0.15) is 18.2 Å². The molecule has 3 N–H and O–H groups in total. The molecule has 0 spiro atoms. The number of nitrogens with zero attached hydrogens (tertiary/aromatic N) is 2. The smallest absolute Gasteiger partial charge is 0.313 e. The molecule has 0 aliphatic carbocycles. The second-order valence-corrected chi connectivity index (χ2v) is 6.68. The van der Waals surface area contributed by atoms with Crippen molar-refractivity contribution in [2.75, 3.05) is 18.5 Å². The number of halogens is 3. The third-order valence-electron chi connectivity index (χ3n) is 4.92. The van der Waals surface area contributed by atoms with Crippen LogP contribution < -0.4 is 11.1 Å². The first-order chi connectivity index (χ1) is 14.3. The number of ether oxygens (including phenoxy) is 2. The van der Waals surface area contributed by atoms with Crippen LogP contribution in [0.4, 0.5) is 18.9 Å². The number of hydrogen-bond donors (Lipinski definition) is 2. The van der Waals surface area contributed by atoms with Gasteiger partial charge in [-0.15, -0.1) is 6.42 Å². The fourth-order valence-electron chi connectivity index (χ4n) is 3.54. The first kappa shape index (κ1) is 19.8. The van der Waals surface area contributed by atoms with Crippen molar-refractivity contribution in [1.29, 1.82) is 0 Å². The molecule has 0 saturated carbocycles. The zero-order chi connectivity index (χ0) is 21.5. The van der Waals surface area contributed by atoms with E-state index in [0.29, 0.717) is 0 Å². The fraction of sp³-hybridized carbons (Fsp3) is 0.316. The Morgan fingerprint density at radius 1 is 1.40 bits per heavy atom. The highest BCUT2D eigenvalue weighted by molar-refractivity contribution is 6.02. The van der Waals surface area contributed by atoms with E-state index < -0.39 is 41.6 Å². The van der Waals surface area contributed by atoms with E-state index >= 15 is 0 Å². The number of amidine groups is 1. The number of carbonyl (C=O) groups is 1. The van der Waals surface area contributed by atoms with Crippen LogP contribution in [0.5, 0.6) is 0 Å². The van der Waals surface area contributed by atoms with E-state index in [1.807, 2.05) is 0 Å². The van der Waals surface area contributed by atoms with E-state index in [1.54, 1.807) is 0 Å². The fourth-order valence-corrected chi connectivity index (χ4v) is 3.54. The van der Waals surface area contributed by atoms with Crippen molar-refractivity contribution < 1.29 is 31.9 Å². The van der Waals surface area contributed by atoms with Crippen LogP contribution in [0.15, 0.2) is 33.9 Å². The minimum Gasteiger partial charge on any atom is -0.459 e. The number of carbonyl (C=O) groups excluding carboxylic acids is 1. The first-order valence-electron chi connectivity index (χ1n) is 8.76. The minimum absolute atomic E-state index is 0.0111. The van der Waals surface area contributed by atoms with E-state index in [1.165, 1.54) is 12.1 Å². The van der Waals surface area contributed by atoms with Crippen molar-refractivity contribution in [2.24, 2.45) is 16.6 Å². The molecule has 3 heterocycles. The van der Waals surface area contributed by atoms with Gasteiger partial charge in [-0.1, -0.05) is 5.92 Å². The number of aliphatic imine (C=N–C) groups is 1. The molecule has 8 nitrogen and oxygen atoms in total. The number of benzene rings is 1. The van der Waals surface area contributed by atoms with Gasteiger partial charge in [0.25, 0.3) is 17.8 Å². The number of amides is 1. The summed E-state index contributed by atoms with van der Waals surface area (Å²) in [5, 5.41) is 2.45. The van der Waals surface area contributed by atoms with Crippen molar-refractivity contribution in [2.45, 2.75) is 18.1 Å². The SMILES string of the molecule is C#C[C@]1(c2cc(NC(=O)c3coc(C(F)F)n3)ccc2F)N=C(N)O[C@@H]2COC[C@@H]21. The predicted molar refractivity (Wildman–Crippen MR) is 97.1 cm³/mol. The molecule has 2 aliphatic heterocycles. The van der Waals surface area contributed by atoms with Gasteiger partial charge in [0.15, 0.2) is 11.2 Å². The van der Waals surface area contributed by atoms with E-state index in [0.717, 1.165) is 12.3 Å². The second-order valence-electron chi connectivity index (χ2n) is 6.68. The molecule has 1 aromatic heterocycles. The molecule has 2 aliphatic rings. The Morgan fingerprint density at radius 3 is 2.90 bits per heavy atom. The number of anilines is 1. The molecular weight excluding hydrogens is 405 g/mol. The number of rotatable bonds is 4. The highest BCUT2D eigenvalue weighted by atomic mass is 19.3. The monoisotopic (exact) mass is 420 g/mol. The molecule has 2 aromatic rings. The Hall–Kier alpha value is -3.52. The molecule has 1 aromatic carbocycles. The summed E-state index contributed by atoms with van der Waals surface area (Å²) in [5.41, 5.74) is 4.02. The Labute approximate surface area is 168 Å². The maximum atomic E-state index is 14.8. The number of aromatic nitrogens is 1. The third-order valence-corrected chi connectivity index (χ3v) is 4.92. The molecule has 156 valence electrons. The number of nitrogens with two attached hydrogens (primary N) is 1. The van der Waals surface area contributed by atoms with Crippen molar-refractivity contribution in [1.82, 2.24) is 4.98 Å². The van der Waals surface area contributed by atoms with Gasteiger partial charge in [-0.25, -0.2) is 14.4 Å². The third kappa shape index (κ3) is 3.25. The maximum absolute atomic E-state index is 14.8. The van der Waals surface area contributed by atoms with Crippen LogP contribution in [0.25, 0.3) is 0 Å². The lowest BCUT2D eigenvalue weighted by molar-refractivity contribution is 0.0940. The molecule has 0 unspecified atom stereocenters. The molecule has 1 fully saturated rings. The summed E-state index contributed by atoms with van der Waals surface area (Å²) in [6.45, 7) is 0.401. The van der Waals surface area contributed by atoms with Crippen molar-refractivity contribution in [3.05, 3.63) is 47.4 Å². The molecule has 0 radical (unpaired) electrons. The normalized spacial score (nSPS) is 25.2. The topological polar surface area (TPSA) is 112 Å². The van der Waals surface area contributed by atoms with Gasteiger partial charge in [0, 0.05) is 11.3 Å². The maximum Gasteiger partial charge on any atom is 0.313 e. The Kier molecular flexibility index (Phi) is 4.87. The lowest BCUT2D eigenvalue weighted by Gasteiger charge is -2.37. The number of hydrogen-bond acceptors (Lipinski definition) is 7. The quantitative estimate of drug-likeness (QED) is 0.734. The lowest BCUT2D eigenvalue weighted by atomic mass is 9.76. The molecular formula is C19H15F3N4O4. The van der Waals surface area contributed by atoms with Gasteiger partial charge in [-0.2, -0.15) is 8.78 Å². The lowest BCUT2D eigenvalue weighted by Crippen LogP contribution is -2.48. The summed E-state index contributed by atoms with van der Waals surface area (Å²) in [5.74, 6) is -0.365. The summed E-state index contributed by atoms with van der Waals surface area (Å²) in [7, 11) is 0. The molecule has 3 atom stereocenters. The van der Waals surface area contributed by atoms with Gasteiger partial charge >= 0.3 is 6.43 Å². The highest BCUT2D eigenvalue weighted by Crippen LogP contribution is 2.43. The summed E-state index contributed by atoms with van der Waals surface area (Å²) >= 11 is 0. The van der Waals surface area contributed by atoms with Gasteiger partial charge in [0.2, 0.25) is 0 Å². The van der Waals surface area contributed by atoms with Gasteiger partial charge < -0.3 is 24.9 Å². The van der Waals surface area contributed by atoms with Crippen LogP contribution in [0.1, 0.15) is 28.4 Å². The van der Waals surface area contributed by atoms with Crippen LogP contribution >= 0.6 is 0 Å². The van der Waals surface area contributed by atoms with E-state index in [2.05, 4.69) is 25.6 Å². The summed E-state index contributed by atoms with van der Waals surface area (Å²) in [6.07, 6.45) is 3.10. The van der Waals surface area contributed by atoms with Crippen molar-refractivity contribution in [3.8, 4) is 12.3 Å². The van der Waals surface area contributed by atoms with Crippen LogP contribution in [0, 0.1) is 24.1 Å². The number of oxazole rings is 1. The predicted octanol–water partition coefficient (Wildman–Crippen LogP) is 2.19. The summed E-state index contributed by atoms with van der Waals surface area (Å²) < 4.78 is 55.4. The van der Waals surface area contributed by atoms with Crippen LogP contribution in [0.2, 0.25) is 0 Å². The zero-order valence-corrected chi connectivity index (χ0v) is 15.3. The second kappa shape index (κ2) is 7.38. The Balaban J connectivity index is 1.68. The van der Waals surface area contributed by atoms with Crippen molar-refractivity contribution in [3.63, 3.8) is 0 Å². The molecule has 1 amide bonds. The number of fused-ring (bicyclic) bond motifs is 1. The number of nitrogens with one attached hydrogen (secondary N) is 1. The van der Waals surface area contributed by atoms with E-state index in [-0.39, 0.29) is 36.2 Å². The first-order valence-corrected chi connectivity index (χ1v) is 8.76. The minimum atomic E-state index is -2.96. The molecule has 30 heavy (non-hydrogen) atoms. The van der Waals surface area contributed by atoms with Crippen LogP contribution in [-0.2, 0) is 15.0 Å². The van der Waals surface area contributed by atoms with E-state index in [9.17, 15) is 18.0 Å².